The molecule has 0 aliphatic carbocycles. The Morgan fingerprint density at radius 3 is 1.57 bits per heavy atom. The molecule has 7 heterocycles. The summed E-state index contributed by atoms with van der Waals surface area (Å²) in [6, 6.07) is 0. The van der Waals surface area contributed by atoms with E-state index in [1.165, 1.54) is 0 Å². The number of aromatic amines is 2. The third-order valence-corrected chi connectivity index (χ3v) is 9.72. The quantitative estimate of drug-likeness (QED) is 0.106. The summed E-state index contributed by atoms with van der Waals surface area (Å²) in [5, 5.41) is 4.28. The highest BCUT2D eigenvalue weighted by atomic mass is 31.2. The van der Waals surface area contributed by atoms with Crippen LogP contribution in [0.2, 0.25) is 0 Å². The molecule has 7 rings (SSSR count). The van der Waals surface area contributed by atoms with Gasteiger partial charge >= 0.3 is 15.5 Å². The molecular formula is C20H24F2N12O10P2. The smallest absolute Gasteiger partial charge is 0.369 e. The van der Waals surface area contributed by atoms with Gasteiger partial charge in [-0.15, -0.1) is 0 Å². The number of hydrogen-bond acceptors (Lipinski definition) is 14. The molecule has 10 N–H and O–H groups in total. The van der Waals surface area contributed by atoms with E-state index in [-0.39, 0.29) is 34.2 Å². The van der Waals surface area contributed by atoms with Crippen molar-refractivity contribution in [1.82, 2.24) is 49.2 Å². The van der Waals surface area contributed by atoms with E-state index >= 15 is 8.78 Å². The molecule has 4 aromatic rings. The molecule has 3 fully saturated rings. The first kappa shape index (κ1) is 30.9. The summed E-state index contributed by atoms with van der Waals surface area (Å²) in [7, 11) is -9.88. The van der Waals surface area contributed by atoms with E-state index in [1.54, 1.807) is 0 Å². The fourth-order valence-corrected chi connectivity index (χ4v) is 7.62. The van der Waals surface area contributed by atoms with Crippen LogP contribution in [-0.2, 0) is 27.7 Å². The minimum atomic E-state index is -4.94. The summed E-state index contributed by atoms with van der Waals surface area (Å²) in [4.78, 5) is 65.8. The van der Waals surface area contributed by atoms with Crippen LogP contribution in [0.15, 0.2) is 22.2 Å². The number of halogens is 2. The molecule has 0 aromatic carbocycles. The standard InChI is InChI=1S/C20H24F2N12O10P2/c21-7-11-5(41-17(7)33-3-25-9-13(33)29-19(23)31-15(9)35)1-27-45(37,38)44-12-6(2-28-46(39,40)43-11)42-18(8(12)22)34-4-26-10-14(34)30-20(24)32-16(10)36/h3-8,11-12,17-18H,1-2H2,(H2,27,37,38)(H2,28,39,40)(H3,23,29,31,35)(H3,24,30,32,36)/t5-,6-,7+,8+,11+,12+,17-,18-/m1/s1. The summed E-state index contributed by atoms with van der Waals surface area (Å²) in [5.41, 5.74) is 8.98. The molecule has 26 heteroatoms. The van der Waals surface area contributed by atoms with Gasteiger partial charge < -0.3 is 30.7 Å². The maximum Gasteiger partial charge on any atom is 0.403 e. The van der Waals surface area contributed by atoms with Gasteiger partial charge in [-0.2, -0.15) is 9.97 Å². The van der Waals surface area contributed by atoms with Crippen LogP contribution in [0.4, 0.5) is 20.7 Å². The number of nitrogens with one attached hydrogen (secondary N) is 4. The maximum absolute atomic E-state index is 15.9. The number of nitrogen functional groups attached to an aromatic ring is 2. The largest absolute Gasteiger partial charge is 0.403 e. The summed E-state index contributed by atoms with van der Waals surface area (Å²) < 4.78 is 82.0. The lowest BCUT2D eigenvalue weighted by Crippen LogP contribution is -2.43. The molecule has 2 unspecified atom stereocenters. The second kappa shape index (κ2) is 10.9. The van der Waals surface area contributed by atoms with Gasteiger partial charge in [-0.25, -0.2) is 38.1 Å². The zero-order valence-corrected chi connectivity index (χ0v) is 24.6. The van der Waals surface area contributed by atoms with Crippen molar-refractivity contribution in [3.8, 4) is 0 Å². The van der Waals surface area contributed by atoms with Crippen LogP contribution < -0.4 is 32.8 Å². The molecule has 4 aromatic heterocycles. The molecule has 10 atom stereocenters. The Kier molecular flexibility index (Phi) is 7.36. The van der Waals surface area contributed by atoms with Crippen LogP contribution in [0.1, 0.15) is 12.5 Å². The lowest BCUT2D eigenvalue weighted by Gasteiger charge is -2.28. The monoisotopic (exact) mass is 692 g/mol. The van der Waals surface area contributed by atoms with Crippen LogP contribution in [0.5, 0.6) is 0 Å². The Hall–Kier alpha value is -3.70. The fourth-order valence-electron chi connectivity index (χ4n) is 5.49. The summed E-state index contributed by atoms with van der Waals surface area (Å²) in [6.45, 7) is -1.43. The van der Waals surface area contributed by atoms with Gasteiger partial charge in [0.1, 0.15) is 24.4 Å². The highest BCUT2D eigenvalue weighted by molar-refractivity contribution is 7.50. The molecule has 3 aliphatic heterocycles. The van der Waals surface area contributed by atoms with E-state index in [4.69, 9.17) is 30.0 Å². The predicted octanol–water partition coefficient (Wildman–Crippen LogP) is -1.95. The number of ether oxygens (including phenoxy) is 2. The normalized spacial score (nSPS) is 37.1. The third-order valence-electron chi connectivity index (χ3n) is 7.50. The van der Waals surface area contributed by atoms with Crippen LogP contribution in [0.3, 0.4) is 0 Å². The molecule has 0 spiro atoms. The van der Waals surface area contributed by atoms with Crippen molar-refractivity contribution >= 4 is 49.7 Å². The Morgan fingerprint density at radius 1 is 0.783 bits per heavy atom. The average Bonchev–Trinajstić information content (AvgIpc) is 3.72. The molecule has 3 saturated heterocycles. The zero-order valence-electron chi connectivity index (χ0n) is 22.8. The van der Waals surface area contributed by atoms with Gasteiger partial charge in [0.05, 0.1) is 12.7 Å². The van der Waals surface area contributed by atoms with Crippen molar-refractivity contribution in [3.63, 3.8) is 0 Å². The van der Waals surface area contributed by atoms with Crippen molar-refractivity contribution < 1.29 is 46.2 Å². The molecule has 0 radical (unpaired) electrons. The van der Waals surface area contributed by atoms with Gasteiger partial charge in [0.25, 0.3) is 11.1 Å². The number of hydrogen-bond donors (Lipinski definition) is 8. The molecule has 46 heavy (non-hydrogen) atoms. The first-order valence-electron chi connectivity index (χ1n) is 13.3. The highest BCUT2D eigenvalue weighted by Gasteiger charge is 2.54. The van der Waals surface area contributed by atoms with Gasteiger partial charge in [0, 0.05) is 13.1 Å². The van der Waals surface area contributed by atoms with Crippen LogP contribution >= 0.6 is 15.5 Å². The average molecular weight is 692 g/mol. The number of anilines is 2. The molecule has 0 saturated carbocycles. The number of nitrogens with two attached hydrogens (primary N) is 2. The number of fused-ring (bicyclic) bond motifs is 4. The second-order valence-electron chi connectivity index (χ2n) is 10.5. The predicted molar refractivity (Wildman–Crippen MR) is 148 cm³/mol. The summed E-state index contributed by atoms with van der Waals surface area (Å²) in [5.74, 6) is -0.619. The first-order valence-corrected chi connectivity index (χ1v) is 16.4. The minimum absolute atomic E-state index is 0.178. The van der Waals surface area contributed by atoms with Crippen molar-refractivity contribution in [2.75, 3.05) is 24.6 Å². The molecular weight excluding hydrogens is 668 g/mol. The van der Waals surface area contributed by atoms with Gasteiger partial charge in [-0.3, -0.25) is 37.7 Å². The second-order valence-corrected chi connectivity index (χ2v) is 13.6. The van der Waals surface area contributed by atoms with Crippen molar-refractivity contribution in [1.29, 1.82) is 0 Å². The van der Waals surface area contributed by atoms with Gasteiger partial charge in [-0.05, 0) is 0 Å². The zero-order chi connectivity index (χ0) is 32.7. The van der Waals surface area contributed by atoms with Crippen LogP contribution in [0.25, 0.3) is 22.3 Å². The van der Waals surface area contributed by atoms with Crippen LogP contribution in [-0.4, -0.2) is 98.7 Å². The van der Waals surface area contributed by atoms with Gasteiger partial charge in [0.2, 0.25) is 11.9 Å². The topological polar surface area (TPSA) is 315 Å². The van der Waals surface area contributed by atoms with Crippen LogP contribution in [0, 0.1) is 0 Å². The Morgan fingerprint density at radius 2 is 1.17 bits per heavy atom. The number of H-pyrrole nitrogens is 2. The lowest BCUT2D eigenvalue weighted by atomic mass is 10.1. The maximum atomic E-state index is 15.9. The third kappa shape index (κ3) is 5.31. The minimum Gasteiger partial charge on any atom is -0.369 e. The highest BCUT2D eigenvalue weighted by Crippen LogP contribution is 2.50. The summed E-state index contributed by atoms with van der Waals surface area (Å²) in [6.07, 6.45) is -12.5. The number of rotatable bonds is 2. The van der Waals surface area contributed by atoms with Crippen molar-refractivity contribution in [2.24, 2.45) is 0 Å². The van der Waals surface area contributed by atoms with E-state index in [9.17, 15) is 28.5 Å². The van der Waals surface area contributed by atoms with Gasteiger partial charge in [-0.1, -0.05) is 0 Å². The Bertz CT molecular complexity index is 1910. The van der Waals surface area contributed by atoms with E-state index in [0.29, 0.717) is 0 Å². The van der Waals surface area contributed by atoms with E-state index in [2.05, 4.69) is 40.1 Å². The van der Waals surface area contributed by atoms with Gasteiger partial charge in [0.15, 0.2) is 47.1 Å². The fraction of sp³-hybridized carbons (Fsp3) is 0.500. The van der Waals surface area contributed by atoms with E-state index < -0.39 is 88.9 Å². The SMILES string of the molecule is Nc1nc2c(ncn2[C@@H]2O[C@@H]3CNP(=O)(O)O[C@@H]4[C@H](F)[C@H](n5cnc6c(=O)[nH]c(N)nc65)O[C@@H]4CNP(=O)(O)O[C@@H]3[C@@H]2F)c(=O)[nH]1. The lowest BCUT2D eigenvalue weighted by molar-refractivity contribution is -0.0243. The molecule has 22 nitrogen and oxygen atoms in total. The molecule has 3 aliphatic rings. The molecule has 248 valence electrons. The summed E-state index contributed by atoms with van der Waals surface area (Å²) >= 11 is 0. The first-order chi connectivity index (χ1) is 21.7. The number of alkyl halides is 2. The van der Waals surface area contributed by atoms with Crippen molar-refractivity contribution in [2.45, 2.75) is 49.2 Å². The van der Waals surface area contributed by atoms with E-state index in [1.807, 2.05) is 0 Å². The number of aromatic nitrogens is 8. The number of imidazole rings is 2. The van der Waals surface area contributed by atoms with Crippen molar-refractivity contribution in [3.05, 3.63) is 33.4 Å². The molecule has 0 bridgehead atoms. The Labute approximate surface area is 252 Å². The van der Waals surface area contributed by atoms with E-state index in [0.717, 1.165) is 21.8 Å². The Balaban J connectivity index is 1.18. The number of nitrogens with zero attached hydrogens (tertiary/aromatic N) is 6. The molecule has 0 amide bonds.